The molecule has 2 unspecified atom stereocenters. The zero-order valence-corrected chi connectivity index (χ0v) is 10.0. The molecule has 2 N–H and O–H groups in total. The number of aromatic nitrogens is 2. The average molecular weight is 275 g/mol. The molecule has 0 spiro atoms. The third-order valence-corrected chi connectivity index (χ3v) is 3.02. The van der Waals surface area contributed by atoms with Crippen molar-refractivity contribution < 1.29 is 14.6 Å². The summed E-state index contributed by atoms with van der Waals surface area (Å²) in [4.78, 5) is 35.3. The van der Waals surface area contributed by atoms with Gasteiger partial charge in [-0.3, -0.25) is 14.3 Å². The number of ether oxygens (including phenoxy) is 1. The number of carboxylic acids is 1. The van der Waals surface area contributed by atoms with E-state index >= 15 is 0 Å². The van der Waals surface area contributed by atoms with E-state index in [0.717, 1.165) is 0 Å². The summed E-state index contributed by atoms with van der Waals surface area (Å²) in [5, 5.41) is 8.68. The van der Waals surface area contributed by atoms with Crippen molar-refractivity contribution in [2.24, 2.45) is 0 Å². The Morgan fingerprint density at radius 3 is 2.89 bits per heavy atom. The van der Waals surface area contributed by atoms with Gasteiger partial charge in [0.1, 0.15) is 5.02 Å². The first-order valence-electron chi connectivity index (χ1n) is 5.35. The summed E-state index contributed by atoms with van der Waals surface area (Å²) in [6.45, 7) is 0.166. The number of carboxylic acid groups (broad SMARTS) is 1. The van der Waals surface area contributed by atoms with Crippen molar-refractivity contribution in [3.8, 4) is 0 Å². The van der Waals surface area contributed by atoms with Crippen LogP contribution >= 0.6 is 11.6 Å². The second kappa shape index (κ2) is 4.95. The van der Waals surface area contributed by atoms with Gasteiger partial charge in [0.25, 0.3) is 5.56 Å². The predicted molar refractivity (Wildman–Crippen MR) is 61.9 cm³/mol. The van der Waals surface area contributed by atoms with Gasteiger partial charge in [-0.2, -0.15) is 0 Å². The number of halogens is 1. The second-order valence-corrected chi connectivity index (χ2v) is 4.46. The van der Waals surface area contributed by atoms with Crippen LogP contribution in [0.3, 0.4) is 0 Å². The van der Waals surface area contributed by atoms with Crippen LogP contribution in [0.5, 0.6) is 0 Å². The summed E-state index contributed by atoms with van der Waals surface area (Å²) < 4.78 is 6.46. The lowest BCUT2D eigenvalue weighted by molar-refractivity contribution is -0.149. The Hall–Kier alpha value is -1.60. The Morgan fingerprint density at radius 1 is 1.56 bits per heavy atom. The van der Waals surface area contributed by atoms with Crippen LogP contribution in [0, 0.1) is 0 Å². The molecule has 1 aromatic rings. The smallest absolute Gasteiger partial charge is 0.332 e. The number of rotatable bonds is 3. The van der Waals surface area contributed by atoms with Crippen molar-refractivity contribution in [2.45, 2.75) is 31.6 Å². The van der Waals surface area contributed by atoms with Crippen LogP contribution in [0.1, 0.15) is 12.8 Å². The number of H-pyrrole nitrogens is 1. The minimum atomic E-state index is -1.01. The van der Waals surface area contributed by atoms with Crippen molar-refractivity contribution in [1.82, 2.24) is 9.55 Å². The average Bonchev–Trinajstić information content (AvgIpc) is 2.74. The van der Waals surface area contributed by atoms with Crippen LogP contribution in [0.25, 0.3) is 0 Å². The second-order valence-electron chi connectivity index (χ2n) is 4.05. The summed E-state index contributed by atoms with van der Waals surface area (Å²) >= 11 is 5.61. The summed E-state index contributed by atoms with van der Waals surface area (Å²) in [5.74, 6) is -1.01. The van der Waals surface area contributed by atoms with E-state index in [0.29, 0.717) is 12.8 Å². The molecule has 2 rings (SSSR count). The molecule has 1 fully saturated rings. The van der Waals surface area contributed by atoms with Gasteiger partial charge in [0.2, 0.25) is 0 Å². The van der Waals surface area contributed by atoms with Gasteiger partial charge in [0.05, 0.1) is 12.6 Å². The molecular weight excluding hydrogens is 264 g/mol. The molecule has 7 nitrogen and oxygen atoms in total. The Morgan fingerprint density at radius 2 is 2.28 bits per heavy atom. The van der Waals surface area contributed by atoms with Gasteiger partial charge in [-0.1, -0.05) is 11.6 Å². The van der Waals surface area contributed by atoms with Crippen LogP contribution in [0.4, 0.5) is 0 Å². The van der Waals surface area contributed by atoms with Gasteiger partial charge >= 0.3 is 11.7 Å². The van der Waals surface area contributed by atoms with Crippen LogP contribution in [-0.4, -0.2) is 32.8 Å². The van der Waals surface area contributed by atoms with Gasteiger partial charge in [-0.15, -0.1) is 0 Å². The zero-order chi connectivity index (χ0) is 13.3. The Kier molecular flexibility index (Phi) is 3.53. The number of carbonyl (C=O) groups is 1. The number of aliphatic carboxylic acids is 1. The molecule has 2 atom stereocenters. The zero-order valence-electron chi connectivity index (χ0n) is 9.26. The molecule has 1 aromatic heterocycles. The molecule has 0 amide bonds. The molecule has 0 aromatic carbocycles. The van der Waals surface area contributed by atoms with E-state index in [2.05, 4.69) is 4.98 Å². The normalized spacial score (nSPS) is 23.2. The quantitative estimate of drug-likeness (QED) is 0.796. The molecule has 98 valence electrons. The largest absolute Gasteiger partial charge is 0.479 e. The molecule has 0 radical (unpaired) electrons. The molecular formula is C10H11ClN2O5. The molecule has 0 saturated carbocycles. The maximum absolute atomic E-state index is 11.5. The summed E-state index contributed by atoms with van der Waals surface area (Å²) in [6.07, 6.45) is 0.973. The highest BCUT2D eigenvalue weighted by Crippen LogP contribution is 2.20. The monoisotopic (exact) mass is 274 g/mol. The standard InChI is InChI=1S/C10H11ClN2O5/c11-6-4-13(10(17)12-8(6)14)3-5-1-2-7(18-5)9(15)16/h4-5,7H,1-3H2,(H,15,16)(H,12,14,17). The summed E-state index contributed by atoms with van der Waals surface area (Å²) in [6, 6.07) is 0. The molecule has 18 heavy (non-hydrogen) atoms. The van der Waals surface area contributed by atoms with E-state index in [9.17, 15) is 14.4 Å². The lowest BCUT2D eigenvalue weighted by Crippen LogP contribution is -2.33. The van der Waals surface area contributed by atoms with Gasteiger partial charge < -0.3 is 9.84 Å². The van der Waals surface area contributed by atoms with Crippen molar-refractivity contribution >= 4 is 17.6 Å². The first-order chi connectivity index (χ1) is 8.47. The van der Waals surface area contributed by atoms with Gasteiger partial charge in [0, 0.05) is 6.20 Å². The topological polar surface area (TPSA) is 101 Å². The van der Waals surface area contributed by atoms with Crippen LogP contribution in [-0.2, 0) is 16.1 Å². The third kappa shape index (κ3) is 2.62. The molecule has 1 aliphatic rings. The van der Waals surface area contributed by atoms with Crippen LogP contribution in [0.15, 0.2) is 15.8 Å². The first kappa shape index (κ1) is 12.8. The number of hydrogen-bond acceptors (Lipinski definition) is 4. The first-order valence-corrected chi connectivity index (χ1v) is 5.72. The highest BCUT2D eigenvalue weighted by molar-refractivity contribution is 6.30. The number of nitrogens with one attached hydrogen (secondary N) is 1. The van der Waals surface area contributed by atoms with Gasteiger partial charge in [0.15, 0.2) is 6.10 Å². The van der Waals surface area contributed by atoms with E-state index in [-0.39, 0.29) is 17.7 Å². The Balaban J connectivity index is 2.12. The Bertz CT molecular complexity index is 578. The van der Waals surface area contributed by atoms with Crippen molar-refractivity contribution in [3.05, 3.63) is 32.1 Å². The highest BCUT2D eigenvalue weighted by atomic mass is 35.5. The number of nitrogens with zero attached hydrogens (tertiary/aromatic N) is 1. The van der Waals surface area contributed by atoms with E-state index in [4.69, 9.17) is 21.4 Å². The van der Waals surface area contributed by atoms with Crippen molar-refractivity contribution in [2.75, 3.05) is 0 Å². The number of aromatic amines is 1. The van der Waals surface area contributed by atoms with Gasteiger partial charge in [-0.25, -0.2) is 9.59 Å². The predicted octanol–water partition coefficient (Wildman–Crippen LogP) is -0.178. The Labute approximate surface area is 106 Å². The fraction of sp³-hybridized carbons (Fsp3) is 0.500. The number of hydrogen-bond donors (Lipinski definition) is 2. The molecule has 2 heterocycles. The minimum absolute atomic E-state index is 0.0950. The van der Waals surface area contributed by atoms with Crippen LogP contribution < -0.4 is 11.2 Å². The maximum atomic E-state index is 11.5. The van der Waals surface area contributed by atoms with Crippen molar-refractivity contribution in [3.63, 3.8) is 0 Å². The minimum Gasteiger partial charge on any atom is -0.479 e. The molecule has 1 aliphatic heterocycles. The van der Waals surface area contributed by atoms with E-state index in [1.54, 1.807) is 0 Å². The van der Waals surface area contributed by atoms with Gasteiger partial charge in [-0.05, 0) is 12.8 Å². The highest BCUT2D eigenvalue weighted by Gasteiger charge is 2.30. The van der Waals surface area contributed by atoms with Crippen LogP contribution in [0.2, 0.25) is 5.02 Å². The lowest BCUT2D eigenvalue weighted by Gasteiger charge is -2.12. The van der Waals surface area contributed by atoms with E-state index in [1.165, 1.54) is 10.8 Å². The molecule has 8 heteroatoms. The molecule has 0 aliphatic carbocycles. The lowest BCUT2D eigenvalue weighted by atomic mass is 10.2. The fourth-order valence-corrected chi connectivity index (χ4v) is 2.02. The summed E-state index contributed by atoms with van der Waals surface area (Å²) in [5.41, 5.74) is -1.24. The maximum Gasteiger partial charge on any atom is 0.332 e. The third-order valence-electron chi connectivity index (χ3n) is 2.75. The summed E-state index contributed by atoms with van der Waals surface area (Å²) in [7, 11) is 0. The van der Waals surface area contributed by atoms with Crippen molar-refractivity contribution in [1.29, 1.82) is 0 Å². The molecule has 0 bridgehead atoms. The fourth-order valence-electron chi connectivity index (χ4n) is 1.86. The van der Waals surface area contributed by atoms with E-state index < -0.39 is 23.3 Å². The SMILES string of the molecule is O=C(O)C1CCC(Cn2cc(Cl)c(=O)[nH]c2=O)O1. The van der Waals surface area contributed by atoms with E-state index in [1.807, 2.05) is 0 Å². The molecule has 1 saturated heterocycles.